The predicted molar refractivity (Wildman–Crippen MR) is 145 cm³/mol. The van der Waals surface area contributed by atoms with E-state index in [-0.39, 0.29) is 0 Å². The Kier molecular flexibility index (Phi) is 4.24. The summed E-state index contributed by atoms with van der Waals surface area (Å²) >= 11 is 0. The van der Waals surface area contributed by atoms with Crippen LogP contribution in [0.3, 0.4) is 0 Å². The van der Waals surface area contributed by atoms with Crippen molar-refractivity contribution in [2.24, 2.45) is 0 Å². The molecule has 166 valence electrons. The van der Waals surface area contributed by atoms with Gasteiger partial charge in [-0.15, -0.1) is 0 Å². The van der Waals surface area contributed by atoms with Crippen LogP contribution in [0.2, 0.25) is 0 Å². The van der Waals surface area contributed by atoms with E-state index in [1.165, 1.54) is 0 Å². The van der Waals surface area contributed by atoms with Crippen molar-refractivity contribution < 1.29 is 0 Å². The van der Waals surface area contributed by atoms with Gasteiger partial charge in [-0.25, -0.2) is 0 Å². The molecule has 0 saturated carbocycles. The Bertz CT molecular complexity index is 1820. The van der Waals surface area contributed by atoms with Crippen LogP contribution in [-0.2, 0) is 0 Å². The number of rotatable bonds is 2. The third kappa shape index (κ3) is 2.61. The highest BCUT2D eigenvalue weighted by atomic mass is 15.1. The highest BCUT2D eigenvalue weighted by Crippen LogP contribution is 2.40. The summed E-state index contributed by atoms with van der Waals surface area (Å²) in [6, 6.07) is 41.3. The van der Waals surface area contributed by atoms with Gasteiger partial charge in [0, 0.05) is 21.5 Å². The van der Waals surface area contributed by atoms with Gasteiger partial charge < -0.3 is 9.13 Å². The summed E-state index contributed by atoms with van der Waals surface area (Å²) in [6.45, 7) is 0. The number of nitriles is 2. The first kappa shape index (κ1) is 20.1. The maximum atomic E-state index is 10.3. The molecule has 0 bridgehead atoms. The molecule has 0 aliphatic carbocycles. The van der Waals surface area contributed by atoms with Crippen LogP contribution < -0.4 is 0 Å². The molecule has 0 amide bonds. The van der Waals surface area contributed by atoms with E-state index in [2.05, 4.69) is 69.8 Å². The van der Waals surface area contributed by atoms with Crippen LogP contribution in [-0.4, -0.2) is 9.13 Å². The van der Waals surface area contributed by atoms with Gasteiger partial charge in [0.25, 0.3) is 0 Å². The normalized spacial score (nSPS) is 11.3. The van der Waals surface area contributed by atoms with Crippen LogP contribution >= 0.6 is 0 Å². The van der Waals surface area contributed by atoms with Crippen molar-refractivity contribution in [2.45, 2.75) is 0 Å². The van der Waals surface area contributed by atoms with Gasteiger partial charge in [0.1, 0.15) is 12.1 Å². The van der Waals surface area contributed by atoms with Gasteiger partial charge >= 0.3 is 0 Å². The number of fused-ring (bicyclic) bond motifs is 6. The Hall–Kier alpha value is -5.32. The van der Waals surface area contributed by atoms with Crippen molar-refractivity contribution in [3.8, 4) is 23.5 Å². The maximum absolute atomic E-state index is 10.3. The molecule has 0 unspecified atom stereocenters. The van der Waals surface area contributed by atoms with Gasteiger partial charge in [-0.2, -0.15) is 10.5 Å². The second-order valence-corrected chi connectivity index (χ2v) is 8.82. The summed E-state index contributed by atoms with van der Waals surface area (Å²) < 4.78 is 4.28. The molecule has 0 N–H and O–H groups in total. The van der Waals surface area contributed by atoms with E-state index < -0.39 is 0 Å². The van der Waals surface area contributed by atoms with E-state index in [1.807, 2.05) is 48.5 Å². The van der Waals surface area contributed by atoms with Gasteiger partial charge in [0.2, 0.25) is 0 Å². The van der Waals surface area contributed by atoms with Crippen LogP contribution in [0.1, 0.15) is 11.1 Å². The van der Waals surface area contributed by atoms with Gasteiger partial charge in [0.05, 0.1) is 44.6 Å². The molecule has 5 aromatic carbocycles. The molecule has 0 aliphatic rings. The Morgan fingerprint density at radius 1 is 0.389 bits per heavy atom. The van der Waals surface area contributed by atoms with Gasteiger partial charge in [-0.1, -0.05) is 72.8 Å². The molecule has 0 radical (unpaired) electrons. The van der Waals surface area contributed by atoms with Crippen molar-refractivity contribution >= 4 is 43.6 Å². The van der Waals surface area contributed by atoms with Crippen molar-refractivity contribution in [1.82, 2.24) is 9.13 Å². The van der Waals surface area contributed by atoms with Crippen LogP contribution in [0.25, 0.3) is 55.0 Å². The Morgan fingerprint density at radius 3 is 0.944 bits per heavy atom. The topological polar surface area (TPSA) is 57.4 Å². The van der Waals surface area contributed by atoms with E-state index in [1.54, 1.807) is 12.1 Å². The van der Waals surface area contributed by atoms with Crippen molar-refractivity contribution in [3.63, 3.8) is 0 Å². The molecule has 7 rings (SSSR count). The number of nitrogens with zero attached hydrogens (tertiary/aromatic N) is 4. The first-order valence-electron chi connectivity index (χ1n) is 11.8. The average Bonchev–Trinajstić information content (AvgIpc) is 3.45. The smallest absolute Gasteiger partial charge is 0.101 e. The first-order chi connectivity index (χ1) is 17.8. The molecule has 0 spiro atoms. The molecule has 7 aromatic rings. The van der Waals surface area contributed by atoms with Crippen LogP contribution in [0, 0.1) is 22.7 Å². The third-order valence-electron chi connectivity index (χ3n) is 7.00. The number of benzene rings is 5. The van der Waals surface area contributed by atoms with E-state index in [0.29, 0.717) is 22.5 Å². The Labute approximate surface area is 207 Å². The van der Waals surface area contributed by atoms with E-state index in [4.69, 9.17) is 0 Å². The minimum atomic E-state index is 0.511. The highest BCUT2D eigenvalue weighted by Gasteiger charge is 2.24. The third-order valence-corrected chi connectivity index (χ3v) is 7.00. The van der Waals surface area contributed by atoms with E-state index in [9.17, 15) is 10.5 Å². The van der Waals surface area contributed by atoms with Gasteiger partial charge in [-0.3, -0.25) is 0 Å². The standard InChI is InChI=1S/C32H18N4/c33-19-21-17-18-22(20-34)32(36-29-15-7-3-11-25(29)26-12-4-8-16-30(26)36)31(21)35-27-13-5-1-9-23(27)24-10-2-6-14-28(24)35/h1-18H. The van der Waals surface area contributed by atoms with E-state index in [0.717, 1.165) is 43.6 Å². The van der Waals surface area contributed by atoms with Crippen LogP contribution in [0.15, 0.2) is 109 Å². The fraction of sp³-hybridized carbons (Fsp3) is 0. The zero-order chi connectivity index (χ0) is 24.2. The summed E-state index contributed by atoms with van der Waals surface area (Å²) in [6.07, 6.45) is 0. The monoisotopic (exact) mass is 458 g/mol. The lowest BCUT2D eigenvalue weighted by Gasteiger charge is -2.19. The number of para-hydroxylation sites is 4. The summed E-state index contributed by atoms with van der Waals surface area (Å²) in [5.74, 6) is 0. The molecule has 0 aliphatic heterocycles. The zero-order valence-corrected chi connectivity index (χ0v) is 19.2. The largest absolute Gasteiger partial charge is 0.306 e. The Balaban J connectivity index is 1.76. The molecule has 4 heteroatoms. The lowest BCUT2D eigenvalue weighted by Crippen LogP contribution is -2.08. The second-order valence-electron chi connectivity index (χ2n) is 8.82. The van der Waals surface area contributed by atoms with E-state index >= 15 is 0 Å². The predicted octanol–water partition coefficient (Wildman–Crippen LogP) is 7.62. The molecule has 0 saturated heterocycles. The fourth-order valence-corrected chi connectivity index (χ4v) is 5.54. The molecule has 2 aromatic heterocycles. The number of hydrogen-bond donors (Lipinski definition) is 0. The SMILES string of the molecule is N#Cc1ccc(C#N)c(-n2c3ccccc3c3ccccc32)c1-n1c2ccccc2c2ccccc21. The summed E-state index contributed by atoms with van der Waals surface area (Å²) in [7, 11) is 0. The minimum absolute atomic E-state index is 0.511. The number of aromatic nitrogens is 2. The van der Waals surface area contributed by atoms with Crippen LogP contribution in [0.4, 0.5) is 0 Å². The zero-order valence-electron chi connectivity index (χ0n) is 19.2. The van der Waals surface area contributed by atoms with Gasteiger partial charge in [0.15, 0.2) is 0 Å². The fourth-order valence-electron chi connectivity index (χ4n) is 5.54. The molecular weight excluding hydrogens is 440 g/mol. The minimum Gasteiger partial charge on any atom is -0.306 e. The molecule has 36 heavy (non-hydrogen) atoms. The molecular formula is C32H18N4. The van der Waals surface area contributed by atoms with Crippen LogP contribution in [0.5, 0.6) is 0 Å². The summed E-state index contributed by atoms with van der Waals surface area (Å²) in [5.41, 5.74) is 6.41. The Morgan fingerprint density at radius 2 is 0.667 bits per heavy atom. The first-order valence-corrected chi connectivity index (χ1v) is 11.8. The second kappa shape index (κ2) is 7.60. The van der Waals surface area contributed by atoms with Crippen molar-refractivity contribution in [3.05, 3.63) is 120 Å². The average molecular weight is 459 g/mol. The summed E-state index contributed by atoms with van der Waals surface area (Å²) in [4.78, 5) is 0. The van der Waals surface area contributed by atoms with Crippen molar-refractivity contribution in [1.29, 1.82) is 10.5 Å². The molecule has 0 atom stereocenters. The maximum Gasteiger partial charge on any atom is 0.101 e. The summed E-state index contributed by atoms with van der Waals surface area (Å²) in [5, 5.41) is 25.1. The molecule has 2 heterocycles. The van der Waals surface area contributed by atoms with Gasteiger partial charge in [-0.05, 0) is 36.4 Å². The molecule has 4 nitrogen and oxygen atoms in total. The van der Waals surface area contributed by atoms with Crippen molar-refractivity contribution in [2.75, 3.05) is 0 Å². The lowest BCUT2D eigenvalue weighted by atomic mass is 10.1. The highest BCUT2D eigenvalue weighted by molar-refractivity contribution is 6.12. The number of hydrogen-bond acceptors (Lipinski definition) is 2. The molecule has 0 fully saturated rings. The quantitative estimate of drug-likeness (QED) is 0.267. The lowest BCUT2D eigenvalue weighted by molar-refractivity contribution is 1.08.